The summed E-state index contributed by atoms with van der Waals surface area (Å²) in [5.41, 5.74) is 5.95. The van der Waals surface area contributed by atoms with E-state index in [2.05, 4.69) is 36.6 Å². The minimum Gasteiger partial charge on any atom is -0.445 e. The Balaban J connectivity index is 1.05. The number of aliphatic hydroxyl groups excluding tert-OH is 2. The topological polar surface area (TPSA) is 207 Å². The predicted molar refractivity (Wildman–Crippen MR) is 251 cm³/mol. The number of fused-ring (bicyclic) bond motifs is 2. The normalized spacial score (nSPS) is 16.3. The van der Waals surface area contributed by atoms with E-state index >= 15 is 0 Å². The van der Waals surface area contributed by atoms with Crippen molar-refractivity contribution in [1.82, 2.24) is 36.6 Å². The van der Waals surface area contributed by atoms with Crippen molar-refractivity contribution in [3.8, 4) is 0 Å². The SMILES string of the molecule is CC(C)(C)[C@H](NC(=O)OCc1ccccc1)C(=O)N[C@@H](Cc1ccccc1)[C@@H](O)[C@@H](NCc1ccc(CNC(=O)CCc2nc3ccccc3[nH]2)cc1)C(=O)NC1c2ccccc2C[C@H]1O. The molecule has 1 aliphatic rings. The van der Waals surface area contributed by atoms with Gasteiger partial charge in [0.25, 0.3) is 0 Å². The zero-order valence-corrected chi connectivity index (χ0v) is 37.5. The number of carbonyl (C=O) groups is 4. The Hall–Kier alpha value is -6.87. The van der Waals surface area contributed by atoms with Gasteiger partial charge in [-0.2, -0.15) is 0 Å². The maximum absolute atomic E-state index is 14.5. The maximum atomic E-state index is 14.5. The standard InChI is InChI=1S/C52H59N7O7/c1-52(2,3)48(59-51(65)66-32-36-16-8-5-9-17-36)50(64)57-41(28-33-14-6-4-7-15-33)47(62)46(49(63)58-45-38-19-11-10-18-37(38)29-42(45)60)54-31-35-24-22-34(23-25-35)30-53-44(61)27-26-43-55-39-20-12-13-21-40(39)56-43/h4-25,41-42,45-48,54,60,62H,26-32H2,1-3H3,(H,53,61)(H,55,56)(H,57,64)(H,58,63)(H,59,65)/t41-,42+,45?,46+,47+,48+/m0/s1. The third-order valence-electron chi connectivity index (χ3n) is 11.8. The molecule has 0 spiro atoms. The number of hydrogen-bond donors (Lipinski definition) is 8. The van der Waals surface area contributed by atoms with Crippen LogP contribution in [0.4, 0.5) is 4.79 Å². The first-order chi connectivity index (χ1) is 31.8. The Morgan fingerprint density at radius 3 is 2.09 bits per heavy atom. The number of para-hydroxylation sites is 2. The number of amides is 4. The molecule has 14 nitrogen and oxygen atoms in total. The summed E-state index contributed by atoms with van der Waals surface area (Å²) in [4.78, 5) is 62.5. The molecule has 0 radical (unpaired) electrons. The number of ether oxygens (including phenoxy) is 1. The molecule has 1 aromatic heterocycles. The molecule has 5 aromatic carbocycles. The summed E-state index contributed by atoms with van der Waals surface area (Å²) in [5.74, 6) is -0.506. The Morgan fingerprint density at radius 1 is 0.758 bits per heavy atom. The number of hydrogen-bond acceptors (Lipinski definition) is 9. The first-order valence-corrected chi connectivity index (χ1v) is 22.4. The number of carbonyl (C=O) groups excluding carboxylic acids is 4. The van der Waals surface area contributed by atoms with Gasteiger partial charge in [0.05, 0.1) is 35.3 Å². The number of rotatable bonds is 19. The van der Waals surface area contributed by atoms with Crippen molar-refractivity contribution in [1.29, 1.82) is 0 Å². The number of aryl methyl sites for hydroxylation is 1. The quantitative estimate of drug-likeness (QED) is 0.0518. The second-order valence-corrected chi connectivity index (χ2v) is 17.9. The van der Waals surface area contributed by atoms with E-state index in [0.717, 1.165) is 50.2 Å². The van der Waals surface area contributed by atoms with Crippen molar-refractivity contribution in [2.24, 2.45) is 5.41 Å². The van der Waals surface area contributed by atoms with E-state index in [4.69, 9.17) is 4.74 Å². The molecule has 6 atom stereocenters. The van der Waals surface area contributed by atoms with Gasteiger partial charge in [-0.1, -0.05) is 142 Å². The van der Waals surface area contributed by atoms with E-state index in [-0.39, 0.29) is 31.9 Å². The van der Waals surface area contributed by atoms with Crippen molar-refractivity contribution < 1.29 is 34.1 Å². The lowest BCUT2D eigenvalue weighted by molar-refractivity contribution is -0.131. The fourth-order valence-electron chi connectivity index (χ4n) is 8.19. The number of aromatic amines is 1. The molecular formula is C52H59N7O7. The second-order valence-electron chi connectivity index (χ2n) is 17.9. The van der Waals surface area contributed by atoms with Gasteiger partial charge in [-0.3, -0.25) is 19.7 Å². The summed E-state index contributed by atoms with van der Waals surface area (Å²) in [7, 11) is 0. The van der Waals surface area contributed by atoms with Crippen LogP contribution in [0.2, 0.25) is 0 Å². The molecule has 344 valence electrons. The summed E-state index contributed by atoms with van der Waals surface area (Å²) < 4.78 is 5.47. The van der Waals surface area contributed by atoms with Crippen LogP contribution in [0.15, 0.2) is 133 Å². The zero-order valence-electron chi connectivity index (χ0n) is 37.5. The highest BCUT2D eigenvalue weighted by Gasteiger charge is 2.40. The van der Waals surface area contributed by atoms with Crippen molar-refractivity contribution >= 4 is 34.8 Å². The molecule has 6 aromatic rings. The molecule has 1 aliphatic carbocycles. The minimum absolute atomic E-state index is 0.00756. The van der Waals surface area contributed by atoms with Crippen LogP contribution in [-0.2, 0) is 58.1 Å². The van der Waals surface area contributed by atoms with Crippen LogP contribution in [-0.4, -0.2) is 74.3 Å². The van der Waals surface area contributed by atoms with Crippen molar-refractivity contribution in [2.45, 2.75) is 103 Å². The predicted octanol–water partition coefficient (Wildman–Crippen LogP) is 5.47. The van der Waals surface area contributed by atoms with Gasteiger partial charge in [0, 0.05) is 32.4 Å². The van der Waals surface area contributed by atoms with E-state index in [1.54, 1.807) is 0 Å². The van der Waals surface area contributed by atoms with E-state index in [1.165, 1.54) is 0 Å². The first kappa shape index (κ1) is 47.1. The molecule has 7 rings (SSSR count). The number of H-pyrrole nitrogens is 1. The minimum atomic E-state index is -1.51. The van der Waals surface area contributed by atoms with E-state index in [9.17, 15) is 29.4 Å². The van der Waals surface area contributed by atoms with Gasteiger partial charge in [0.2, 0.25) is 17.7 Å². The molecule has 1 unspecified atom stereocenters. The van der Waals surface area contributed by atoms with E-state index < -0.39 is 59.7 Å². The highest BCUT2D eigenvalue weighted by Crippen LogP contribution is 2.31. The molecule has 0 saturated carbocycles. The fraction of sp³-hybridized carbons (Fsp3) is 0.327. The summed E-state index contributed by atoms with van der Waals surface area (Å²) in [6.45, 7) is 5.90. The largest absolute Gasteiger partial charge is 0.445 e. The number of nitrogens with one attached hydrogen (secondary N) is 6. The number of benzene rings is 5. The van der Waals surface area contributed by atoms with Crippen molar-refractivity contribution in [3.05, 3.63) is 173 Å². The van der Waals surface area contributed by atoms with Gasteiger partial charge >= 0.3 is 6.09 Å². The van der Waals surface area contributed by atoms with Crippen LogP contribution in [0, 0.1) is 5.41 Å². The molecule has 0 fully saturated rings. The summed E-state index contributed by atoms with van der Waals surface area (Å²) in [6, 6.07) is 37.1. The third-order valence-corrected chi connectivity index (χ3v) is 11.8. The van der Waals surface area contributed by atoms with Crippen LogP contribution >= 0.6 is 0 Å². The number of imidazole rings is 1. The molecule has 0 saturated heterocycles. The Bertz CT molecular complexity index is 2530. The lowest BCUT2D eigenvalue weighted by Gasteiger charge is -2.35. The summed E-state index contributed by atoms with van der Waals surface area (Å²) >= 11 is 0. The van der Waals surface area contributed by atoms with E-state index in [1.807, 2.05) is 154 Å². The molecule has 0 aliphatic heterocycles. The lowest BCUT2D eigenvalue weighted by atomic mass is 9.85. The molecule has 66 heavy (non-hydrogen) atoms. The van der Waals surface area contributed by atoms with Crippen molar-refractivity contribution in [3.63, 3.8) is 0 Å². The van der Waals surface area contributed by atoms with E-state index in [0.29, 0.717) is 19.4 Å². The van der Waals surface area contributed by atoms with Crippen LogP contribution in [0.5, 0.6) is 0 Å². The monoisotopic (exact) mass is 893 g/mol. The highest BCUT2D eigenvalue weighted by atomic mass is 16.5. The number of aromatic nitrogens is 2. The molecule has 1 heterocycles. The fourth-order valence-corrected chi connectivity index (χ4v) is 8.19. The number of alkyl carbamates (subject to hydrolysis) is 1. The van der Waals surface area contributed by atoms with Gasteiger partial charge < -0.3 is 41.2 Å². The smallest absolute Gasteiger partial charge is 0.408 e. The maximum Gasteiger partial charge on any atom is 0.408 e. The molecule has 8 N–H and O–H groups in total. The Morgan fingerprint density at radius 2 is 1.39 bits per heavy atom. The van der Waals surface area contributed by atoms with Gasteiger partial charge in [-0.05, 0) is 57.3 Å². The van der Waals surface area contributed by atoms with Gasteiger partial charge in [-0.15, -0.1) is 0 Å². The molecule has 0 bridgehead atoms. The summed E-state index contributed by atoms with van der Waals surface area (Å²) in [6.07, 6.45) is -1.93. The lowest BCUT2D eigenvalue weighted by Crippen LogP contribution is -2.62. The Kier molecular flexibility index (Phi) is 15.6. The molecule has 4 amide bonds. The average Bonchev–Trinajstić information content (AvgIpc) is 3.88. The van der Waals surface area contributed by atoms with Crippen LogP contribution < -0.4 is 26.6 Å². The zero-order chi connectivity index (χ0) is 46.6. The van der Waals surface area contributed by atoms with Crippen LogP contribution in [0.3, 0.4) is 0 Å². The van der Waals surface area contributed by atoms with Gasteiger partial charge in [0.15, 0.2) is 0 Å². The van der Waals surface area contributed by atoms with Crippen molar-refractivity contribution in [2.75, 3.05) is 0 Å². The number of nitrogens with zero attached hydrogens (tertiary/aromatic N) is 1. The average molecular weight is 894 g/mol. The third kappa shape index (κ3) is 12.7. The Labute approximate surface area is 385 Å². The molecular weight excluding hydrogens is 835 g/mol. The van der Waals surface area contributed by atoms with Crippen LogP contribution in [0.1, 0.15) is 72.4 Å². The first-order valence-electron chi connectivity index (χ1n) is 22.4. The summed E-state index contributed by atoms with van der Waals surface area (Å²) in [5, 5.41) is 38.4. The van der Waals surface area contributed by atoms with Gasteiger partial charge in [0.1, 0.15) is 24.5 Å². The second kappa shape index (κ2) is 21.9. The van der Waals surface area contributed by atoms with Crippen LogP contribution in [0.25, 0.3) is 11.0 Å². The van der Waals surface area contributed by atoms with Gasteiger partial charge in [-0.25, -0.2) is 9.78 Å². The highest BCUT2D eigenvalue weighted by molar-refractivity contribution is 5.87. The molecule has 14 heteroatoms. The number of aliphatic hydroxyl groups is 2.